The Morgan fingerprint density at radius 2 is 1.86 bits per heavy atom. The molecule has 4 N–H and O–H groups in total. The molecule has 0 radical (unpaired) electrons. The molecule has 0 aliphatic rings. The molecule has 0 aliphatic heterocycles. The number of benzene rings is 2. The van der Waals surface area contributed by atoms with Gasteiger partial charge in [0.2, 0.25) is 5.78 Å². The van der Waals surface area contributed by atoms with Gasteiger partial charge in [-0.25, -0.2) is 0 Å². The normalized spacial score (nSPS) is 10.3. The molecule has 0 amide bonds. The van der Waals surface area contributed by atoms with Crippen LogP contribution in [0.1, 0.15) is 16.1 Å². The number of halogens is 1. The molecule has 0 atom stereocenters. The van der Waals surface area contributed by atoms with Crippen LogP contribution in [0.15, 0.2) is 51.4 Å². The molecule has 2 aromatic carbocycles. The molecule has 1 aromatic heterocycles. The molecule has 0 bridgehead atoms. The first kappa shape index (κ1) is 16.1. The number of hydrogen-bond donors (Lipinski definition) is 1. The van der Waals surface area contributed by atoms with Gasteiger partial charge in [-0.1, -0.05) is 22.0 Å². The van der Waals surface area contributed by atoms with E-state index in [2.05, 4.69) is 15.9 Å². The summed E-state index contributed by atoms with van der Waals surface area (Å²) in [6.45, 7) is 0. The van der Waals surface area contributed by atoms with Crippen LogP contribution < -0.4 is 10.5 Å². The number of ketones is 1. The first-order valence-electron chi connectivity index (χ1n) is 6.27. The number of rotatable bonds is 3. The SMILES string of the molecule is COc1cccc2c(N)c(C(=O)c3ccc(Br)cc3)oc12.O. The van der Waals surface area contributed by atoms with E-state index >= 15 is 0 Å². The van der Waals surface area contributed by atoms with E-state index in [4.69, 9.17) is 14.9 Å². The largest absolute Gasteiger partial charge is 0.493 e. The molecular weight excluding hydrogens is 350 g/mol. The Balaban J connectivity index is 0.00000176. The number of para-hydroxylation sites is 1. The highest BCUT2D eigenvalue weighted by atomic mass is 79.9. The zero-order chi connectivity index (χ0) is 15.0. The first-order valence-corrected chi connectivity index (χ1v) is 7.06. The average molecular weight is 364 g/mol. The van der Waals surface area contributed by atoms with Crippen LogP contribution in [0.25, 0.3) is 11.0 Å². The summed E-state index contributed by atoms with van der Waals surface area (Å²) in [6, 6.07) is 12.4. The Kier molecular flexibility index (Phi) is 4.54. The van der Waals surface area contributed by atoms with Gasteiger partial charge < -0.3 is 20.4 Å². The summed E-state index contributed by atoms with van der Waals surface area (Å²) < 4.78 is 11.8. The van der Waals surface area contributed by atoms with Crippen LogP contribution in [0.3, 0.4) is 0 Å². The van der Waals surface area contributed by atoms with Crippen molar-refractivity contribution in [2.45, 2.75) is 0 Å². The van der Waals surface area contributed by atoms with Crippen molar-refractivity contribution in [1.82, 2.24) is 0 Å². The summed E-state index contributed by atoms with van der Waals surface area (Å²) in [6.07, 6.45) is 0. The van der Waals surface area contributed by atoms with Crippen molar-refractivity contribution in [3.8, 4) is 5.75 Å². The lowest BCUT2D eigenvalue weighted by Crippen LogP contribution is -2.02. The van der Waals surface area contributed by atoms with Crippen molar-refractivity contribution in [3.05, 3.63) is 58.3 Å². The fraction of sp³-hybridized carbons (Fsp3) is 0.0625. The van der Waals surface area contributed by atoms with Gasteiger partial charge in [0.05, 0.1) is 12.8 Å². The number of fused-ring (bicyclic) bond motifs is 1. The minimum Gasteiger partial charge on any atom is -0.493 e. The maximum Gasteiger partial charge on any atom is 0.230 e. The van der Waals surface area contributed by atoms with Crippen LogP contribution in [0.5, 0.6) is 5.75 Å². The Labute approximate surface area is 135 Å². The van der Waals surface area contributed by atoms with Gasteiger partial charge >= 0.3 is 0 Å². The number of furan rings is 1. The van der Waals surface area contributed by atoms with Crippen LogP contribution in [-0.2, 0) is 0 Å². The second-order valence-corrected chi connectivity index (χ2v) is 5.43. The highest BCUT2D eigenvalue weighted by Crippen LogP contribution is 2.35. The Bertz CT molecular complexity index is 824. The average Bonchev–Trinajstić information content (AvgIpc) is 2.85. The van der Waals surface area contributed by atoms with E-state index in [1.807, 2.05) is 0 Å². The highest BCUT2D eigenvalue weighted by molar-refractivity contribution is 9.10. The monoisotopic (exact) mass is 363 g/mol. The predicted octanol–water partition coefficient (Wildman–Crippen LogP) is 3.19. The summed E-state index contributed by atoms with van der Waals surface area (Å²) in [5.74, 6) is 0.434. The number of ether oxygens (including phenoxy) is 1. The molecule has 6 heteroatoms. The van der Waals surface area contributed by atoms with Gasteiger partial charge in [0.25, 0.3) is 0 Å². The smallest absolute Gasteiger partial charge is 0.230 e. The van der Waals surface area contributed by atoms with Gasteiger partial charge in [-0.05, 0) is 36.4 Å². The van der Waals surface area contributed by atoms with E-state index in [0.717, 1.165) is 4.47 Å². The molecular formula is C16H14BrNO4. The van der Waals surface area contributed by atoms with Crippen LogP contribution in [0.4, 0.5) is 5.69 Å². The molecule has 0 fully saturated rings. The third-order valence-electron chi connectivity index (χ3n) is 3.25. The van der Waals surface area contributed by atoms with Crippen molar-refractivity contribution in [3.63, 3.8) is 0 Å². The van der Waals surface area contributed by atoms with Gasteiger partial charge in [0.1, 0.15) is 0 Å². The minimum atomic E-state index is -0.252. The predicted molar refractivity (Wildman–Crippen MR) is 88.4 cm³/mol. The fourth-order valence-corrected chi connectivity index (χ4v) is 2.44. The number of carbonyl (C=O) groups is 1. The number of methoxy groups -OCH3 is 1. The van der Waals surface area contributed by atoms with Crippen molar-refractivity contribution in [2.24, 2.45) is 0 Å². The Morgan fingerprint density at radius 1 is 1.18 bits per heavy atom. The molecule has 0 unspecified atom stereocenters. The van der Waals surface area contributed by atoms with Gasteiger partial charge in [-0.15, -0.1) is 0 Å². The number of carbonyl (C=O) groups excluding carboxylic acids is 1. The minimum absolute atomic E-state index is 0. The van der Waals surface area contributed by atoms with E-state index in [9.17, 15) is 4.79 Å². The third-order valence-corrected chi connectivity index (χ3v) is 3.78. The van der Waals surface area contributed by atoms with Crippen LogP contribution in [0, 0.1) is 0 Å². The maximum absolute atomic E-state index is 12.5. The molecule has 3 aromatic rings. The second-order valence-electron chi connectivity index (χ2n) is 4.52. The number of anilines is 1. The molecule has 114 valence electrons. The molecule has 5 nitrogen and oxygen atoms in total. The quantitative estimate of drug-likeness (QED) is 0.722. The Hall–Kier alpha value is -2.31. The molecule has 0 saturated carbocycles. The zero-order valence-corrected chi connectivity index (χ0v) is 13.3. The van der Waals surface area contributed by atoms with Gasteiger partial charge in [-0.2, -0.15) is 0 Å². The van der Waals surface area contributed by atoms with Gasteiger partial charge in [0.15, 0.2) is 17.1 Å². The van der Waals surface area contributed by atoms with Crippen molar-refractivity contribution in [2.75, 3.05) is 12.8 Å². The zero-order valence-electron chi connectivity index (χ0n) is 11.7. The van der Waals surface area contributed by atoms with Crippen molar-refractivity contribution in [1.29, 1.82) is 0 Å². The third kappa shape index (κ3) is 2.58. The van der Waals surface area contributed by atoms with E-state index < -0.39 is 0 Å². The molecule has 0 saturated heterocycles. The summed E-state index contributed by atoms with van der Waals surface area (Å²) >= 11 is 3.34. The van der Waals surface area contributed by atoms with Crippen molar-refractivity contribution < 1.29 is 19.4 Å². The van der Waals surface area contributed by atoms with Crippen LogP contribution in [-0.4, -0.2) is 18.4 Å². The van der Waals surface area contributed by atoms with E-state index in [-0.39, 0.29) is 17.0 Å². The highest BCUT2D eigenvalue weighted by Gasteiger charge is 2.21. The Morgan fingerprint density at radius 3 is 2.50 bits per heavy atom. The molecule has 3 rings (SSSR count). The van der Waals surface area contributed by atoms with Crippen LogP contribution >= 0.6 is 15.9 Å². The van der Waals surface area contributed by atoms with Crippen molar-refractivity contribution >= 4 is 38.4 Å². The lowest BCUT2D eigenvalue weighted by Gasteiger charge is -1.99. The van der Waals surface area contributed by atoms with Gasteiger partial charge in [0, 0.05) is 15.4 Å². The van der Waals surface area contributed by atoms with Gasteiger partial charge in [-0.3, -0.25) is 4.79 Å². The summed E-state index contributed by atoms with van der Waals surface area (Å²) in [4.78, 5) is 12.5. The standard InChI is InChI=1S/C16H12BrNO3.H2O/c1-20-12-4-2-3-11-13(18)16(21-15(11)12)14(19)9-5-7-10(17)8-6-9;/h2-8H,18H2,1H3;1H2. The molecule has 0 spiro atoms. The van der Waals surface area contributed by atoms with Crippen LogP contribution in [0.2, 0.25) is 0 Å². The van der Waals surface area contributed by atoms with E-state index in [0.29, 0.717) is 28.0 Å². The van der Waals surface area contributed by atoms with E-state index in [1.165, 1.54) is 0 Å². The summed E-state index contributed by atoms with van der Waals surface area (Å²) in [5, 5.41) is 0.676. The second kappa shape index (κ2) is 6.21. The number of nitrogens with two attached hydrogens (primary N) is 1. The molecule has 0 aliphatic carbocycles. The topological polar surface area (TPSA) is 97.0 Å². The maximum atomic E-state index is 12.5. The molecule has 1 heterocycles. The number of nitrogen functional groups attached to an aromatic ring is 1. The fourth-order valence-electron chi connectivity index (χ4n) is 2.17. The summed E-state index contributed by atoms with van der Waals surface area (Å²) in [5.41, 5.74) is 7.38. The summed E-state index contributed by atoms with van der Waals surface area (Å²) in [7, 11) is 1.55. The molecule has 22 heavy (non-hydrogen) atoms. The lowest BCUT2D eigenvalue weighted by molar-refractivity contribution is 0.101. The number of hydrogen-bond acceptors (Lipinski definition) is 4. The first-order chi connectivity index (χ1) is 10.1. The lowest BCUT2D eigenvalue weighted by atomic mass is 10.1. The van der Waals surface area contributed by atoms with E-state index in [1.54, 1.807) is 49.6 Å².